The van der Waals surface area contributed by atoms with Crippen LogP contribution < -0.4 is 0 Å². The number of ether oxygens (including phenoxy) is 1. The fourth-order valence-corrected chi connectivity index (χ4v) is 0.865. The van der Waals surface area contributed by atoms with Gasteiger partial charge in [0, 0.05) is 11.1 Å². The third kappa shape index (κ3) is 1.72. The maximum Gasteiger partial charge on any atom is 0.150 e. The summed E-state index contributed by atoms with van der Waals surface area (Å²) >= 11 is 0. The van der Waals surface area contributed by atoms with Crippen molar-refractivity contribution in [3.8, 4) is 0 Å². The molecule has 0 atom stereocenters. The minimum Gasteiger partial charge on any atom is -0.497 e. The fraction of sp³-hybridized carbons (Fsp3) is 0.100. The molecule has 0 fully saturated rings. The predicted molar refractivity (Wildman–Crippen MR) is 47.9 cm³/mol. The number of aldehydes is 1. The molecule has 62 valence electrons. The Labute approximate surface area is 71.5 Å². The molecule has 0 aliphatic rings. The van der Waals surface area contributed by atoms with E-state index in [4.69, 9.17) is 4.74 Å². The summed E-state index contributed by atoms with van der Waals surface area (Å²) in [7, 11) is 1.57. The molecule has 0 radical (unpaired) electrons. The maximum atomic E-state index is 10.3. The average Bonchev–Trinajstić information content (AvgIpc) is 2.17. The number of benzene rings is 1. The smallest absolute Gasteiger partial charge is 0.150 e. The second-order valence-electron chi connectivity index (χ2n) is 2.37. The van der Waals surface area contributed by atoms with Crippen molar-refractivity contribution in [2.75, 3.05) is 7.11 Å². The van der Waals surface area contributed by atoms with Gasteiger partial charge in [0.05, 0.1) is 7.11 Å². The Balaban J connectivity index is 2.91. The van der Waals surface area contributed by atoms with Gasteiger partial charge in [-0.1, -0.05) is 30.8 Å². The van der Waals surface area contributed by atoms with Crippen LogP contribution in [0.1, 0.15) is 15.9 Å². The Kier molecular flexibility index (Phi) is 2.64. The zero-order chi connectivity index (χ0) is 8.97. The van der Waals surface area contributed by atoms with E-state index in [9.17, 15) is 4.79 Å². The van der Waals surface area contributed by atoms with Gasteiger partial charge >= 0.3 is 0 Å². The Bertz CT molecular complexity index is 285. The van der Waals surface area contributed by atoms with Crippen LogP contribution in [0.25, 0.3) is 5.76 Å². The summed E-state index contributed by atoms with van der Waals surface area (Å²) < 4.78 is 4.93. The lowest BCUT2D eigenvalue weighted by molar-refractivity contribution is 0.112. The van der Waals surface area contributed by atoms with Gasteiger partial charge in [-0.2, -0.15) is 0 Å². The van der Waals surface area contributed by atoms with Gasteiger partial charge in [-0.3, -0.25) is 4.79 Å². The van der Waals surface area contributed by atoms with Crippen molar-refractivity contribution >= 4 is 12.0 Å². The lowest BCUT2D eigenvalue weighted by atomic mass is 10.1. The number of rotatable bonds is 3. The van der Waals surface area contributed by atoms with Crippen molar-refractivity contribution in [2.45, 2.75) is 0 Å². The predicted octanol–water partition coefficient (Wildman–Crippen LogP) is 2.12. The van der Waals surface area contributed by atoms with Crippen molar-refractivity contribution in [3.05, 3.63) is 42.0 Å². The largest absolute Gasteiger partial charge is 0.497 e. The van der Waals surface area contributed by atoms with Gasteiger partial charge in [-0.25, -0.2) is 0 Å². The van der Waals surface area contributed by atoms with Crippen LogP contribution >= 0.6 is 0 Å². The van der Waals surface area contributed by atoms with Crippen LogP contribution in [0.2, 0.25) is 0 Å². The standard InChI is InChI=1S/C10H10O2/c1-8(12-2)10-5-3-9(7-11)4-6-10/h3-7H,1H2,2H3. The van der Waals surface area contributed by atoms with Gasteiger partial charge in [0.25, 0.3) is 0 Å². The highest BCUT2D eigenvalue weighted by atomic mass is 16.5. The van der Waals surface area contributed by atoms with E-state index in [1.165, 1.54) is 0 Å². The molecule has 12 heavy (non-hydrogen) atoms. The second kappa shape index (κ2) is 3.72. The lowest BCUT2D eigenvalue weighted by Gasteiger charge is -2.02. The van der Waals surface area contributed by atoms with Gasteiger partial charge in [-0.05, 0) is 0 Å². The molecule has 0 spiro atoms. The Hall–Kier alpha value is -1.57. The van der Waals surface area contributed by atoms with E-state index in [0.717, 1.165) is 11.8 Å². The highest BCUT2D eigenvalue weighted by Gasteiger charge is 1.96. The Morgan fingerprint density at radius 1 is 1.42 bits per heavy atom. The molecule has 0 aromatic heterocycles. The van der Waals surface area contributed by atoms with Crippen molar-refractivity contribution < 1.29 is 9.53 Å². The number of carbonyl (C=O) groups is 1. The topological polar surface area (TPSA) is 26.3 Å². The van der Waals surface area contributed by atoms with Gasteiger partial charge in [0.1, 0.15) is 12.0 Å². The van der Waals surface area contributed by atoms with Crippen LogP contribution in [0, 0.1) is 0 Å². The van der Waals surface area contributed by atoms with E-state index in [1.807, 2.05) is 0 Å². The fourth-order valence-electron chi connectivity index (χ4n) is 0.865. The summed E-state index contributed by atoms with van der Waals surface area (Å²) in [4.78, 5) is 10.3. The lowest BCUT2D eigenvalue weighted by Crippen LogP contribution is -1.86. The van der Waals surface area contributed by atoms with Crippen LogP contribution in [0.15, 0.2) is 30.8 Å². The van der Waals surface area contributed by atoms with Crippen molar-refractivity contribution in [2.24, 2.45) is 0 Å². The number of carbonyl (C=O) groups excluding carboxylic acids is 1. The minimum atomic E-state index is 0.604. The van der Waals surface area contributed by atoms with Crippen molar-refractivity contribution in [3.63, 3.8) is 0 Å². The molecule has 1 rings (SSSR count). The van der Waals surface area contributed by atoms with Crippen LogP contribution in [0.3, 0.4) is 0 Å². The van der Waals surface area contributed by atoms with E-state index in [-0.39, 0.29) is 0 Å². The molecule has 2 heteroatoms. The Morgan fingerprint density at radius 2 is 2.00 bits per heavy atom. The first-order valence-corrected chi connectivity index (χ1v) is 3.56. The first kappa shape index (κ1) is 8.53. The van der Waals surface area contributed by atoms with E-state index >= 15 is 0 Å². The van der Waals surface area contributed by atoms with Crippen LogP contribution in [-0.2, 0) is 4.74 Å². The molecule has 0 amide bonds. The summed E-state index contributed by atoms with van der Waals surface area (Å²) in [5.41, 5.74) is 1.55. The molecule has 0 unspecified atom stereocenters. The number of hydrogen-bond donors (Lipinski definition) is 0. The molecule has 1 aromatic rings. The van der Waals surface area contributed by atoms with Crippen LogP contribution in [0.4, 0.5) is 0 Å². The molecule has 0 aliphatic carbocycles. The molecule has 0 aliphatic heterocycles. The zero-order valence-electron chi connectivity index (χ0n) is 6.91. The first-order chi connectivity index (χ1) is 5.77. The summed E-state index contributed by atoms with van der Waals surface area (Å²) in [6, 6.07) is 7.06. The van der Waals surface area contributed by atoms with Crippen molar-refractivity contribution in [1.82, 2.24) is 0 Å². The van der Waals surface area contributed by atoms with Gasteiger partial charge in [0.2, 0.25) is 0 Å². The SMILES string of the molecule is C=C(OC)c1ccc(C=O)cc1. The minimum absolute atomic E-state index is 0.604. The van der Waals surface area contributed by atoms with Gasteiger partial charge in [0.15, 0.2) is 0 Å². The number of methoxy groups -OCH3 is 1. The summed E-state index contributed by atoms with van der Waals surface area (Å²) in [6.45, 7) is 3.69. The quantitative estimate of drug-likeness (QED) is 0.502. The molecule has 0 saturated carbocycles. The third-order valence-electron chi connectivity index (χ3n) is 1.62. The Morgan fingerprint density at radius 3 is 2.42 bits per heavy atom. The van der Waals surface area contributed by atoms with E-state index in [2.05, 4.69) is 6.58 Å². The zero-order valence-corrected chi connectivity index (χ0v) is 6.91. The second-order valence-corrected chi connectivity index (χ2v) is 2.37. The summed E-state index contributed by atoms with van der Waals surface area (Å²) in [5, 5.41) is 0. The number of hydrogen-bond acceptors (Lipinski definition) is 2. The molecular weight excluding hydrogens is 152 g/mol. The van der Waals surface area contributed by atoms with Crippen LogP contribution in [0.5, 0.6) is 0 Å². The van der Waals surface area contributed by atoms with E-state index < -0.39 is 0 Å². The molecule has 2 nitrogen and oxygen atoms in total. The average molecular weight is 162 g/mol. The molecular formula is C10H10O2. The summed E-state index contributed by atoms with van der Waals surface area (Å²) in [6.07, 6.45) is 0.805. The van der Waals surface area contributed by atoms with Gasteiger partial charge < -0.3 is 4.74 Å². The third-order valence-corrected chi connectivity index (χ3v) is 1.62. The summed E-state index contributed by atoms with van der Waals surface area (Å²) in [5.74, 6) is 0.604. The molecule has 1 aromatic carbocycles. The molecule has 0 saturated heterocycles. The normalized spacial score (nSPS) is 9.08. The van der Waals surface area contributed by atoms with E-state index in [1.54, 1.807) is 31.4 Å². The van der Waals surface area contributed by atoms with Crippen LogP contribution in [-0.4, -0.2) is 13.4 Å². The van der Waals surface area contributed by atoms with Gasteiger partial charge in [-0.15, -0.1) is 0 Å². The monoisotopic (exact) mass is 162 g/mol. The highest BCUT2D eigenvalue weighted by molar-refractivity contribution is 5.75. The van der Waals surface area contributed by atoms with Crippen molar-refractivity contribution in [1.29, 1.82) is 0 Å². The first-order valence-electron chi connectivity index (χ1n) is 3.56. The molecule has 0 N–H and O–H groups in total. The highest BCUT2D eigenvalue weighted by Crippen LogP contribution is 2.12. The molecule has 0 bridgehead atoms. The van der Waals surface area contributed by atoms with E-state index in [0.29, 0.717) is 11.3 Å². The molecule has 0 heterocycles. The maximum absolute atomic E-state index is 10.3.